The first-order valence-electron chi connectivity index (χ1n) is 4.54. The smallest absolute Gasteiger partial charge is 0.550 e. The molecule has 0 aromatic rings. The van der Waals surface area contributed by atoms with Crippen LogP contribution in [0.15, 0.2) is 0 Å². The Hall–Kier alpha value is 0.430. The van der Waals surface area contributed by atoms with Gasteiger partial charge in [0.1, 0.15) is 0 Å². The summed E-state index contributed by atoms with van der Waals surface area (Å²) in [6, 6.07) is 0. The van der Waals surface area contributed by atoms with E-state index in [0.717, 1.165) is 19.3 Å². The van der Waals surface area contributed by atoms with Crippen molar-refractivity contribution < 1.29 is 44.6 Å². The van der Waals surface area contributed by atoms with Crippen LogP contribution in [0.1, 0.15) is 38.5 Å². The fourth-order valence-corrected chi connectivity index (χ4v) is 2.00. The van der Waals surface area contributed by atoms with Gasteiger partial charge in [0.15, 0.2) is 0 Å². The van der Waals surface area contributed by atoms with Crippen LogP contribution >= 0.6 is 0 Å². The minimum atomic E-state index is -0.976. The minimum Gasteiger partial charge on any atom is -0.550 e. The summed E-state index contributed by atoms with van der Waals surface area (Å²) in [6.07, 6.45) is 4.73. The van der Waals surface area contributed by atoms with E-state index in [-0.39, 0.29) is 36.2 Å². The SMILES string of the molecule is O=C([O-])C1(CCO)CCCCC1.[Na+]. The van der Waals surface area contributed by atoms with Crippen molar-refractivity contribution >= 4 is 5.97 Å². The molecular formula is C9H15NaO3. The van der Waals surface area contributed by atoms with E-state index >= 15 is 0 Å². The maximum Gasteiger partial charge on any atom is 1.00 e. The Bertz CT molecular complexity index is 159. The summed E-state index contributed by atoms with van der Waals surface area (Å²) in [5, 5.41) is 19.6. The minimum absolute atomic E-state index is 0. The van der Waals surface area contributed by atoms with Crippen molar-refractivity contribution in [1.29, 1.82) is 0 Å². The van der Waals surface area contributed by atoms with E-state index in [4.69, 9.17) is 5.11 Å². The normalized spacial score (nSPS) is 20.4. The van der Waals surface area contributed by atoms with Gasteiger partial charge in [-0.15, -0.1) is 0 Å². The van der Waals surface area contributed by atoms with Gasteiger partial charge in [0.25, 0.3) is 0 Å². The fraction of sp³-hybridized carbons (Fsp3) is 0.889. The predicted molar refractivity (Wildman–Crippen MR) is 42.2 cm³/mol. The molecule has 1 saturated carbocycles. The van der Waals surface area contributed by atoms with Gasteiger partial charge >= 0.3 is 29.6 Å². The molecule has 1 aliphatic rings. The molecule has 0 unspecified atom stereocenters. The van der Waals surface area contributed by atoms with Crippen molar-refractivity contribution in [3.63, 3.8) is 0 Å². The average molecular weight is 194 g/mol. The van der Waals surface area contributed by atoms with Gasteiger partial charge in [-0.25, -0.2) is 0 Å². The van der Waals surface area contributed by atoms with E-state index in [1.165, 1.54) is 0 Å². The summed E-state index contributed by atoms with van der Waals surface area (Å²) >= 11 is 0. The van der Waals surface area contributed by atoms with Gasteiger partial charge in [0.2, 0.25) is 0 Å². The van der Waals surface area contributed by atoms with Crippen LogP contribution in [0.5, 0.6) is 0 Å². The number of carbonyl (C=O) groups is 1. The number of aliphatic hydroxyl groups excluding tert-OH is 1. The molecule has 1 fully saturated rings. The largest absolute Gasteiger partial charge is 1.00 e. The Kier molecular flexibility index (Phi) is 6.21. The second-order valence-electron chi connectivity index (χ2n) is 3.60. The molecule has 4 heteroatoms. The molecule has 0 spiro atoms. The zero-order valence-electron chi connectivity index (χ0n) is 8.21. The topological polar surface area (TPSA) is 60.4 Å². The average Bonchev–Trinajstić information content (AvgIpc) is 2.06. The molecule has 0 heterocycles. The molecule has 0 atom stereocenters. The Labute approximate surface area is 101 Å². The van der Waals surface area contributed by atoms with Crippen molar-refractivity contribution in [3.8, 4) is 0 Å². The van der Waals surface area contributed by atoms with Crippen molar-refractivity contribution in [2.24, 2.45) is 5.41 Å². The molecule has 0 bridgehead atoms. The number of rotatable bonds is 3. The van der Waals surface area contributed by atoms with Crippen LogP contribution in [0.25, 0.3) is 0 Å². The van der Waals surface area contributed by atoms with Crippen molar-refractivity contribution in [2.75, 3.05) is 6.61 Å². The van der Waals surface area contributed by atoms with E-state index in [1.807, 2.05) is 0 Å². The molecule has 0 radical (unpaired) electrons. The van der Waals surface area contributed by atoms with E-state index in [9.17, 15) is 9.90 Å². The van der Waals surface area contributed by atoms with Crippen LogP contribution in [0, 0.1) is 5.41 Å². The number of hydrogen-bond acceptors (Lipinski definition) is 3. The van der Waals surface area contributed by atoms with Crippen LogP contribution in [0.3, 0.4) is 0 Å². The summed E-state index contributed by atoms with van der Waals surface area (Å²) in [7, 11) is 0. The van der Waals surface area contributed by atoms with Gasteiger partial charge < -0.3 is 15.0 Å². The second kappa shape index (κ2) is 6.02. The van der Waals surface area contributed by atoms with Crippen molar-refractivity contribution in [2.45, 2.75) is 38.5 Å². The molecule has 3 nitrogen and oxygen atoms in total. The van der Waals surface area contributed by atoms with Crippen LogP contribution in [-0.2, 0) is 4.79 Å². The summed E-state index contributed by atoms with van der Waals surface area (Å²) < 4.78 is 0. The first-order chi connectivity index (χ1) is 5.71. The van der Waals surface area contributed by atoms with Crippen LogP contribution in [0.2, 0.25) is 0 Å². The Morgan fingerprint density at radius 2 is 1.85 bits per heavy atom. The second-order valence-corrected chi connectivity index (χ2v) is 3.60. The summed E-state index contributed by atoms with van der Waals surface area (Å²) in [6.45, 7) is -0.0476. The molecule has 0 amide bonds. The maximum atomic E-state index is 10.8. The number of carboxylic acid groups (broad SMARTS) is 1. The molecular weight excluding hydrogens is 179 g/mol. The number of carbonyl (C=O) groups excluding carboxylic acids is 1. The molecule has 0 saturated heterocycles. The Morgan fingerprint density at radius 1 is 1.31 bits per heavy atom. The zero-order valence-corrected chi connectivity index (χ0v) is 10.2. The number of aliphatic hydroxyl groups is 1. The molecule has 1 N–H and O–H groups in total. The zero-order chi connectivity index (χ0) is 9.03. The molecule has 70 valence electrons. The van der Waals surface area contributed by atoms with Gasteiger partial charge in [-0.3, -0.25) is 0 Å². The van der Waals surface area contributed by atoms with Gasteiger partial charge in [0.05, 0.1) is 0 Å². The third-order valence-corrected chi connectivity index (χ3v) is 2.83. The van der Waals surface area contributed by atoms with E-state index in [2.05, 4.69) is 0 Å². The van der Waals surface area contributed by atoms with E-state index in [1.54, 1.807) is 0 Å². The van der Waals surface area contributed by atoms with Gasteiger partial charge in [-0.2, -0.15) is 0 Å². The number of aliphatic carboxylic acids is 1. The van der Waals surface area contributed by atoms with E-state index in [0.29, 0.717) is 19.3 Å². The Balaban J connectivity index is 0.00000144. The quantitative estimate of drug-likeness (QED) is 0.489. The molecule has 1 aliphatic carbocycles. The molecule has 0 aromatic heterocycles. The monoisotopic (exact) mass is 194 g/mol. The third kappa shape index (κ3) is 3.24. The molecule has 0 aromatic carbocycles. The van der Waals surface area contributed by atoms with Crippen LogP contribution in [-0.4, -0.2) is 17.7 Å². The standard InChI is InChI=1S/C9H16O3.Na/c10-7-6-9(8(11)12)4-2-1-3-5-9;/h10H,1-7H2,(H,11,12);/q;+1/p-1. The third-order valence-electron chi connectivity index (χ3n) is 2.83. The number of carboxylic acids is 1. The van der Waals surface area contributed by atoms with Gasteiger partial charge in [0, 0.05) is 18.0 Å². The summed E-state index contributed by atoms with van der Waals surface area (Å²) in [5.41, 5.74) is -0.715. The van der Waals surface area contributed by atoms with Crippen LogP contribution < -0.4 is 34.7 Å². The predicted octanol–water partition coefficient (Wildman–Crippen LogP) is -2.93. The van der Waals surface area contributed by atoms with E-state index < -0.39 is 11.4 Å². The van der Waals surface area contributed by atoms with Crippen molar-refractivity contribution in [3.05, 3.63) is 0 Å². The molecule has 13 heavy (non-hydrogen) atoms. The molecule has 0 aliphatic heterocycles. The Morgan fingerprint density at radius 3 is 2.23 bits per heavy atom. The molecule has 1 rings (SSSR count). The first kappa shape index (κ1) is 13.4. The van der Waals surface area contributed by atoms with Gasteiger partial charge in [-0.1, -0.05) is 19.3 Å². The fourth-order valence-electron chi connectivity index (χ4n) is 2.00. The maximum absolute atomic E-state index is 10.8. The summed E-state index contributed by atoms with van der Waals surface area (Å²) in [5.74, 6) is -0.976. The van der Waals surface area contributed by atoms with Gasteiger partial charge in [-0.05, 0) is 19.3 Å². The number of hydrogen-bond donors (Lipinski definition) is 1. The van der Waals surface area contributed by atoms with Crippen LogP contribution in [0.4, 0.5) is 0 Å². The summed E-state index contributed by atoms with van der Waals surface area (Å²) in [4.78, 5) is 10.8. The van der Waals surface area contributed by atoms with Crippen molar-refractivity contribution in [1.82, 2.24) is 0 Å². The first-order valence-corrected chi connectivity index (χ1v) is 4.54.